The Hall–Kier alpha value is -1.44. The van der Waals surface area contributed by atoms with Crippen molar-refractivity contribution in [2.75, 3.05) is 37.1 Å². The second-order valence-corrected chi connectivity index (χ2v) is 2.67. The predicted molar refractivity (Wildman–Crippen MR) is 56.2 cm³/mol. The molecule has 0 aliphatic rings. The van der Waals surface area contributed by atoms with Gasteiger partial charge < -0.3 is 15.2 Å². The minimum Gasteiger partial charge on any atom is -0.394 e. The van der Waals surface area contributed by atoms with Gasteiger partial charge in [-0.05, 0) is 6.07 Å². The van der Waals surface area contributed by atoms with Gasteiger partial charge in [0.25, 0.3) is 0 Å². The molecule has 0 amide bonds. The first-order valence-electron chi connectivity index (χ1n) is 4.59. The number of aromatic nitrogens is 2. The Kier molecular flexibility index (Phi) is 5.38. The molecule has 15 heavy (non-hydrogen) atoms. The first-order valence-corrected chi connectivity index (χ1v) is 4.59. The molecule has 1 aromatic rings. The quantitative estimate of drug-likeness (QED) is 0.266. The molecule has 0 saturated carbocycles. The highest BCUT2D eigenvalue weighted by Crippen LogP contribution is 2.03. The van der Waals surface area contributed by atoms with Crippen LogP contribution in [0.2, 0.25) is 0 Å². The number of nitrogens with one attached hydrogen (secondary N) is 2. The Balaban J connectivity index is 2.24. The molecule has 0 bridgehead atoms. The summed E-state index contributed by atoms with van der Waals surface area (Å²) in [6.07, 6.45) is 1.60. The average Bonchev–Trinajstić information content (AvgIpc) is 2.29. The van der Waals surface area contributed by atoms with Crippen LogP contribution in [-0.2, 0) is 4.74 Å². The number of hydrogen-bond acceptors (Lipinski definition) is 7. The molecule has 0 spiro atoms. The molecule has 1 heterocycles. The molecule has 0 radical (unpaired) electrons. The van der Waals surface area contributed by atoms with Crippen LogP contribution in [-0.4, -0.2) is 41.4 Å². The molecular weight excluding hydrogens is 198 g/mol. The summed E-state index contributed by atoms with van der Waals surface area (Å²) in [5.41, 5.74) is 2.35. The van der Waals surface area contributed by atoms with E-state index in [1.807, 2.05) is 0 Å². The topological polar surface area (TPSA) is 105 Å². The summed E-state index contributed by atoms with van der Waals surface area (Å²) in [5.74, 6) is 6.19. The van der Waals surface area contributed by atoms with E-state index in [1.165, 1.54) is 0 Å². The van der Waals surface area contributed by atoms with Gasteiger partial charge in [-0.2, -0.15) is 4.98 Å². The van der Waals surface area contributed by atoms with Gasteiger partial charge in [-0.3, -0.25) is 5.43 Å². The standard InChI is InChI=1S/C8H15N5O2/c9-13-8-11-2-1-7(12-8)10-3-5-15-6-4-14/h1-2,14H,3-6,9H2,(H2,10,11,12,13). The minimum atomic E-state index is 0.0365. The van der Waals surface area contributed by atoms with Crippen LogP contribution < -0.4 is 16.6 Å². The third-order valence-electron chi connectivity index (χ3n) is 1.57. The molecule has 0 unspecified atom stereocenters. The van der Waals surface area contributed by atoms with E-state index in [1.54, 1.807) is 12.3 Å². The number of ether oxygens (including phenoxy) is 1. The molecule has 1 aromatic heterocycles. The van der Waals surface area contributed by atoms with E-state index in [0.717, 1.165) is 0 Å². The second kappa shape index (κ2) is 6.93. The highest BCUT2D eigenvalue weighted by atomic mass is 16.5. The molecule has 7 heteroatoms. The SMILES string of the molecule is NNc1nccc(NCCOCCO)n1. The maximum Gasteiger partial charge on any atom is 0.239 e. The number of hydrazine groups is 1. The van der Waals surface area contributed by atoms with Gasteiger partial charge in [0.15, 0.2) is 0 Å². The Morgan fingerprint density at radius 1 is 1.47 bits per heavy atom. The van der Waals surface area contributed by atoms with Gasteiger partial charge in [-0.25, -0.2) is 10.8 Å². The number of rotatable bonds is 7. The largest absolute Gasteiger partial charge is 0.394 e. The van der Waals surface area contributed by atoms with Crippen LogP contribution in [0.1, 0.15) is 0 Å². The Labute approximate surface area is 87.6 Å². The predicted octanol–water partition coefficient (Wildman–Crippen LogP) is -0.817. The zero-order valence-electron chi connectivity index (χ0n) is 8.31. The van der Waals surface area contributed by atoms with Crippen molar-refractivity contribution < 1.29 is 9.84 Å². The van der Waals surface area contributed by atoms with Crippen molar-refractivity contribution in [3.05, 3.63) is 12.3 Å². The summed E-state index contributed by atoms with van der Waals surface area (Å²) < 4.78 is 5.06. The zero-order chi connectivity index (χ0) is 10.9. The lowest BCUT2D eigenvalue weighted by Crippen LogP contribution is -2.14. The van der Waals surface area contributed by atoms with Crippen LogP contribution >= 0.6 is 0 Å². The summed E-state index contributed by atoms with van der Waals surface area (Å²) in [6.45, 7) is 1.51. The number of aliphatic hydroxyl groups is 1. The molecule has 0 aliphatic carbocycles. The van der Waals surface area contributed by atoms with Gasteiger partial charge in [0.1, 0.15) is 5.82 Å². The normalized spacial score (nSPS) is 10.0. The molecule has 1 rings (SSSR count). The van der Waals surface area contributed by atoms with Crippen LogP contribution in [0.3, 0.4) is 0 Å². The molecule has 5 N–H and O–H groups in total. The minimum absolute atomic E-state index is 0.0365. The molecule has 84 valence electrons. The molecule has 0 saturated heterocycles. The van der Waals surface area contributed by atoms with Crippen LogP contribution in [0, 0.1) is 0 Å². The Morgan fingerprint density at radius 3 is 3.07 bits per heavy atom. The lowest BCUT2D eigenvalue weighted by atomic mass is 10.5. The van der Waals surface area contributed by atoms with E-state index in [2.05, 4.69) is 20.7 Å². The fourth-order valence-electron chi connectivity index (χ4n) is 0.945. The number of aliphatic hydroxyl groups excluding tert-OH is 1. The molecule has 0 aromatic carbocycles. The summed E-state index contributed by atoms with van der Waals surface area (Å²) in [4.78, 5) is 7.91. The highest BCUT2D eigenvalue weighted by molar-refractivity contribution is 5.38. The average molecular weight is 213 g/mol. The maximum absolute atomic E-state index is 8.46. The van der Waals surface area contributed by atoms with Crippen molar-refractivity contribution in [3.8, 4) is 0 Å². The van der Waals surface area contributed by atoms with Crippen molar-refractivity contribution in [2.24, 2.45) is 5.84 Å². The first-order chi connectivity index (χ1) is 7.36. The second-order valence-electron chi connectivity index (χ2n) is 2.67. The van der Waals surface area contributed by atoms with Gasteiger partial charge in [0.2, 0.25) is 5.95 Å². The van der Waals surface area contributed by atoms with E-state index in [9.17, 15) is 0 Å². The lowest BCUT2D eigenvalue weighted by Gasteiger charge is -2.06. The summed E-state index contributed by atoms with van der Waals surface area (Å²) in [5, 5.41) is 11.5. The summed E-state index contributed by atoms with van der Waals surface area (Å²) >= 11 is 0. The Morgan fingerprint density at radius 2 is 2.33 bits per heavy atom. The van der Waals surface area contributed by atoms with Crippen molar-refractivity contribution >= 4 is 11.8 Å². The lowest BCUT2D eigenvalue weighted by molar-refractivity contribution is 0.0992. The molecule has 0 fully saturated rings. The zero-order valence-corrected chi connectivity index (χ0v) is 8.31. The molecule has 0 atom stereocenters. The van der Waals surface area contributed by atoms with E-state index in [0.29, 0.717) is 31.5 Å². The summed E-state index contributed by atoms with van der Waals surface area (Å²) in [6, 6.07) is 1.73. The van der Waals surface area contributed by atoms with Crippen molar-refractivity contribution in [1.82, 2.24) is 9.97 Å². The van der Waals surface area contributed by atoms with Crippen molar-refractivity contribution in [3.63, 3.8) is 0 Å². The Bertz CT molecular complexity index is 283. The van der Waals surface area contributed by atoms with E-state index < -0.39 is 0 Å². The molecule has 0 aliphatic heterocycles. The first kappa shape index (κ1) is 11.6. The van der Waals surface area contributed by atoms with Crippen molar-refractivity contribution in [2.45, 2.75) is 0 Å². The highest BCUT2D eigenvalue weighted by Gasteiger charge is 1.95. The van der Waals surface area contributed by atoms with E-state index in [4.69, 9.17) is 15.7 Å². The number of nitrogens with two attached hydrogens (primary N) is 1. The van der Waals surface area contributed by atoms with Crippen molar-refractivity contribution in [1.29, 1.82) is 0 Å². The number of hydrogen-bond donors (Lipinski definition) is 4. The van der Waals surface area contributed by atoms with E-state index >= 15 is 0 Å². The van der Waals surface area contributed by atoms with Gasteiger partial charge in [0, 0.05) is 12.7 Å². The van der Waals surface area contributed by atoms with E-state index in [-0.39, 0.29) is 6.61 Å². The fraction of sp³-hybridized carbons (Fsp3) is 0.500. The fourth-order valence-corrected chi connectivity index (χ4v) is 0.945. The van der Waals surface area contributed by atoms with Gasteiger partial charge in [-0.1, -0.05) is 0 Å². The maximum atomic E-state index is 8.46. The number of nitrogens with zero attached hydrogens (tertiary/aromatic N) is 2. The van der Waals surface area contributed by atoms with Gasteiger partial charge in [-0.15, -0.1) is 0 Å². The molecular formula is C8H15N5O2. The number of anilines is 2. The van der Waals surface area contributed by atoms with Gasteiger partial charge >= 0.3 is 0 Å². The molecule has 7 nitrogen and oxygen atoms in total. The van der Waals surface area contributed by atoms with Crippen LogP contribution in [0.15, 0.2) is 12.3 Å². The van der Waals surface area contributed by atoms with Crippen LogP contribution in [0.4, 0.5) is 11.8 Å². The van der Waals surface area contributed by atoms with Crippen LogP contribution in [0.5, 0.6) is 0 Å². The third-order valence-corrected chi connectivity index (χ3v) is 1.57. The van der Waals surface area contributed by atoms with Crippen LogP contribution in [0.25, 0.3) is 0 Å². The third kappa shape index (κ3) is 4.54. The summed E-state index contributed by atoms with van der Waals surface area (Å²) in [7, 11) is 0. The van der Waals surface area contributed by atoms with Gasteiger partial charge in [0.05, 0.1) is 19.8 Å². The number of nitrogen functional groups attached to an aromatic ring is 1. The monoisotopic (exact) mass is 213 g/mol. The smallest absolute Gasteiger partial charge is 0.239 e.